The summed E-state index contributed by atoms with van der Waals surface area (Å²) in [5.74, 6) is 0.688. The van der Waals surface area contributed by atoms with Crippen LogP contribution in [-0.4, -0.2) is 9.97 Å². The van der Waals surface area contributed by atoms with E-state index in [1.165, 1.54) is 50.1 Å². The predicted molar refractivity (Wildman–Crippen MR) is 242 cm³/mol. The molecule has 2 heteroatoms. The molecule has 1 aromatic heterocycles. The fourth-order valence-electron chi connectivity index (χ4n) is 7.69. The van der Waals surface area contributed by atoms with Gasteiger partial charge in [0.05, 0.1) is 0 Å². The van der Waals surface area contributed by atoms with Crippen LogP contribution in [0.4, 0.5) is 0 Å². The summed E-state index contributed by atoms with van der Waals surface area (Å²) >= 11 is 0. The SMILES string of the molecule is c1ccc(C(=C(c2ccccc2)c2ccc(-c3cnc(-c4ccc(C(=C(c5ccccc5)c5ccccc5)c5ccccc5)cc4)nc3)cc2)c2ccccc2)cc1. The van der Waals surface area contributed by atoms with Gasteiger partial charge in [0.15, 0.2) is 5.82 Å². The maximum absolute atomic E-state index is 4.87. The van der Waals surface area contributed by atoms with E-state index >= 15 is 0 Å². The molecule has 0 aliphatic heterocycles. The number of hydrogen-bond donors (Lipinski definition) is 0. The average molecular weight is 741 g/mol. The summed E-state index contributed by atoms with van der Waals surface area (Å²) in [7, 11) is 0. The van der Waals surface area contributed by atoms with Crippen molar-refractivity contribution in [3.05, 3.63) is 287 Å². The Hall–Kier alpha value is -7.68. The number of aromatic nitrogens is 2. The zero-order chi connectivity index (χ0) is 38.9. The highest BCUT2D eigenvalue weighted by molar-refractivity contribution is 6.05. The molecule has 9 aromatic rings. The maximum Gasteiger partial charge on any atom is 0.159 e. The van der Waals surface area contributed by atoms with Crippen molar-refractivity contribution < 1.29 is 0 Å². The molecule has 1 heterocycles. The molecule has 0 saturated carbocycles. The van der Waals surface area contributed by atoms with Gasteiger partial charge in [-0.1, -0.05) is 231 Å². The Morgan fingerprint density at radius 3 is 0.690 bits per heavy atom. The van der Waals surface area contributed by atoms with E-state index in [0.717, 1.165) is 33.4 Å². The van der Waals surface area contributed by atoms with Gasteiger partial charge in [-0.25, -0.2) is 9.97 Å². The predicted octanol–water partition coefficient (Wildman–Crippen LogP) is 13.8. The average Bonchev–Trinajstić information content (AvgIpc) is 3.32. The number of hydrogen-bond acceptors (Lipinski definition) is 2. The third-order valence-electron chi connectivity index (χ3n) is 10.5. The second kappa shape index (κ2) is 17.0. The summed E-state index contributed by atoms with van der Waals surface area (Å²) < 4.78 is 0. The molecule has 0 amide bonds. The van der Waals surface area contributed by atoms with Crippen LogP contribution in [0.25, 0.3) is 44.8 Å². The van der Waals surface area contributed by atoms with E-state index in [2.05, 4.69) is 231 Å². The van der Waals surface area contributed by atoms with Crippen LogP contribution in [-0.2, 0) is 0 Å². The van der Waals surface area contributed by atoms with Crippen LogP contribution in [0.15, 0.2) is 243 Å². The van der Waals surface area contributed by atoms with Gasteiger partial charge < -0.3 is 0 Å². The van der Waals surface area contributed by atoms with Gasteiger partial charge in [0, 0.05) is 23.5 Å². The van der Waals surface area contributed by atoms with Gasteiger partial charge in [-0.05, 0) is 72.4 Å². The fourth-order valence-corrected chi connectivity index (χ4v) is 7.69. The summed E-state index contributed by atoms with van der Waals surface area (Å²) in [6.07, 6.45) is 3.85. The minimum Gasteiger partial charge on any atom is -0.236 e. The molecule has 0 spiro atoms. The summed E-state index contributed by atoms with van der Waals surface area (Å²) in [5.41, 5.74) is 17.0. The van der Waals surface area contributed by atoms with E-state index in [4.69, 9.17) is 9.97 Å². The quantitative estimate of drug-likeness (QED) is 0.131. The van der Waals surface area contributed by atoms with Gasteiger partial charge >= 0.3 is 0 Å². The topological polar surface area (TPSA) is 25.8 Å². The molecule has 0 fully saturated rings. The van der Waals surface area contributed by atoms with E-state index in [0.29, 0.717) is 5.82 Å². The van der Waals surface area contributed by atoms with Crippen LogP contribution < -0.4 is 0 Å². The molecule has 0 atom stereocenters. The summed E-state index contributed by atoms with van der Waals surface area (Å²) in [6, 6.07) is 81.4. The second-order valence-electron chi connectivity index (χ2n) is 14.1. The van der Waals surface area contributed by atoms with Crippen molar-refractivity contribution in [1.29, 1.82) is 0 Å². The van der Waals surface area contributed by atoms with E-state index < -0.39 is 0 Å². The first kappa shape index (κ1) is 36.0. The minimum absolute atomic E-state index is 0.688. The lowest BCUT2D eigenvalue weighted by molar-refractivity contribution is 1.18. The summed E-state index contributed by atoms with van der Waals surface area (Å²) in [4.78, 5) is 9.74. The van der Waals surface area contributed by atoms with Crippen LogP contribution in [0.1, 0.15) is 44.5 Å². The molecule has 0 radical (unpaired) electrons. The third kappa shape index (κ3) is 7.73. The number of benzene rings is 8. The zero-order valence-electron chi connectivity index (χ0n) is 32.0. The lowest BCUT2D eigenvalue weighted by Gasteiger charge is -2.18. The van der Waals surface area contributed by atoms with Crippen molar-refractivity contribution >= 4 is 22.3 Å². The Morgan fingerprint density at radius 2 is 0.431 bits per heavy atom. The minimum atomic E-state index is 0.688. The zero-order valence-corrected chi connectivity index (χ0v) is 32.0. The van der Waals surface area contributed by atoms with Crippen molar-refractivity contribution in [2.24, 2.45) is 0 Å². The van der Waals surface area contributed by atoms with Crippen LogP contribution in [0.3, 0.4) is 0 Å². The van der Waals surface area contributed by atoms with Crippen molar-refractivity contribution in [2.45, 2.75) is 0 Å². The molecule has 58 heavy (non-hydrogen) atoms. The largest absolute Gasteiger partial charge is 0.236 e. The Balaban J connectivity index is 1.05. The molecular formula is C56H40N2. The molecule has 0 bridgehead atoms. The van der Waals surface area contributed by atoms with Crippen LogP contribution in [0.5, 0.6) is 0 Å². The van der Waals surface area contributed by atoms with E-state index in [-0.39, 0.29) is 0 Å². The first-order valence-corrected chi connectivity index (χ1v) is 19.6. The molecule has 2 nitrogen and oxygen atoms in total. The lowest BCUT2D eigenvalue weighted by atomic mass is 9.85. The van der Waals surface area contributed by atoms with Gasteiger partial charge in [-0.2, -0.15) is 0 Å². The smallest absolute Gasteiger partial charge is 0.159 e. The molecule has 0 N–H and O–H groups in total. The second-order valence-corrected chi connectivity index (χ2v) is 14.1. The highest BCUT2D eigenvalue weighted by Gasteiger charge is 2.18. The summed E-state index contributed by atoms with van der Waals surface area (Å²) in [6.45, 7) is 0. The fraction of sp³-hybridized carbons (Fsp3) is 0. The standard InChI is InChI=1S/C56H40N2/c1-7-19-42(20-8-1)52(43-21-9-2-10-22-43)54(46-27-15-5-16-28-46)48-33-31-41(32-34-48)51-39-57-56(58-40-51)50-37-35-49(36-38-50)55(47-29-17-6-18-30-47)53(44-23-11-3-12-24-44)45-25-13-4-14-26-45/h1-40H. The first-order chi connectivity index (χ1) is 28.8. The molecule has 274 valence electrons. The Bertz CT molecular complexity index is 2500. The molecule has 9 rings (SSSR count). The first-order valence-electron chi connectivity index (χ1n) is 19.6. The van der Waals surface area contributed by atoms with Crippen molar-refractivity contribution in [3.8, 4) is 22.5 Å². The monoisotopic (exact) mass is 740 g/mol. The Labute approximate surface area is 340 Å². The molecular weight excluding hydrogens is 701 g/mol. The normalized spacial score (nSPS) is 10.8. The van der Waals surface area contributed by atoms with E-state index in [1.807, 2.05) is 12.4 Å². The highest BCUT2D eigenvalue weighted by atomic mass is 14.9. The van der Waals surface area contributed by atoms with Gasteiger partial charge in [0.2, 0.25) is 0 Å². The molecule has 0 unspecified atom stereocenters. The highest BCUT2D eigenvalue weighted by Crippen LogP contribution is 2.39. The van der Waals surface area contributed by atoms with Crippen molar-refractivity contribution in [2.75, 3.05) is 0 Å². The Kier molecular flexibility index (Phi) is 10.5. The molecule has 0 saturated heterocycles. The van der Waals surface area contributed by atoms with Gasteiger partial charge in [0.1, 0.15) is 0 Å². The number of rotatable bonds is 10. The summed E-state index contributed by atoms with van der Waals surface area (Å²) in [5, 5.41) is 0. The Morgan fingerprint density at radius 1 is 0.207 bits per heavy atom. The maximum atomic E-state index is 4.87. The van der Waals surface area contributed by atoms with Gasteiger partial charge in [-0.15, -0.1) is 0 Å². The van der Waals surface area contributed by atoms with Crippen LogP contribution >= 0.6 is 0 Å². The van der Waals surface area contributed by atoms with Gasteiger partial charge in [0.25, 0.3) is 0 Å². The van der Waals surface area contributed by atoms with Gasteiger partial charge in [-0.3, -0.25) is 0 Å². The third-order valence-corrected chi connectivity index (χ3v) is 10.5. The van der Waals surface area contributed by atoms with Crippen molar-refractivity contribution in [1.82, 2.24) is 9.97 Å². The lowest BCUT2D eigenvalue weighted by Crippen LogP contribution is -1.98. The molecule has 0 aliphatic carbocycles. The number of nitrogens with zero attached hydrogens (tertiary/aromatic N) is 2. The van der Waals surface area contributed by atoms with Crippen LogP contribution in [0.2, 0.25) is 0 Å². The molecule has 0 aliphatic rings. The van der Waals surface area contributed by atoms with Crippen LogP contribution in [0, 0.1) is 0 Å². The van der Waals surface area contributed by atoms with Crippen molar-refractivity contribution in [3.63, 3.8) is 0 Å². The molecule has 8 aromatic carbocycles. The van der Waals surface area contributed by atoms with E-state index in [9.17, 15) is 0 Å². The van der Waals surface area contributed by atoms with E-state index in [1.54, 1.807) is 0 Å².